The third-order valence-electron chi connectivity index (χ3n) is 10.7. The number of hydrogen-bond donors (Lipinski definition) is 0. The Labute approximate surface area is 283 Å². The minimum atomic E-state index is -0.464. The molecule has 0 saturated carbocycles. The summed E-state index contributed by atoms with van der Waals surface area (Å²) in [6, 6.07) is 56.6. The van der Waals surface area contributed by atoms with Crippen LogP contribution in [-0.2, 0) is 5.41 Å². The van der Waals surface area contributed by atoms with Gasteiger partial charge in [0.1, 0.15) is 0 Å². The number of hydrogen-bond acceptors (Lipinski definition) is 3. The largest absolute Gasteiger partial charge is 0.253 e. The van der Waals surface area contributed by atoms with Gasteiger partial charge in [-0.25, -0.2) is 9.97 Å². The first kappa shape index (κ1) is 26.6. The summed E-state index contributed by atoms with van der Waals surface area (Å²) in [5, 5.41) is 3.30. The van der Waals surface area contributed by atoms with E-state index in [1.807, 2.05) is 12.3 Å². The fourth-order valence-electron chi connectivity index (χ4n) is 8.71. The molecule has 0 unspecified atom stereocenters. The van der Waals surface area contributed by atoms with E-state index in [-0.39, 0.29) is 0 Å². The average Bonchev–Trinajstić information content (AvgIpc) is 3.65. The molecule has 0 N–H and O–H groups in total. The molecule has 0 atom stereocenters. The maximum atomic E-state index is 5.45. The molecule has 49 heavy (non-hydrogen) atoms. The number of pyridine rings is 3. The van der Waals surface area contributed by atoms with E-state index in [9.17, 15) is 0 Å². The van der Waals surface area contributed by atoms with Gasteiger partial charge in [-0.05, 0) is 57.1 Å². The Bertz CT molecular complexity index is 2790. The first-order chi connectivity index (χ1) is 24.3. The van der Waals surface area contributed by atoms with Crippen molar-refractivity contribution in [3.8, 4) is 44.8 Å². The van der Waals surface area contributed by atoms with E-state index >= 15 is 0 Å². The van der Waals surface area contributed by atoms with Gasteiger partial charge in [-0.1, -0.05) is 140 Å². The van der Waals surface area contributed by atoms with Crippen LogP contribution in [-0.4, -0.2) is 15.0 Å². The first-order valence-electron chi connectivity index (χ1n) is 16.8. The van der Waals surface area contributed by atoms with Crippen LogP contribution < -0.4 is 0 Å². The molecule has 3 heteroatoms. The van der Waals surface area contributed by atoms with Crippen LogP contribution in [0.1, 0.15) is 22.3 Å². The zero-order chi connectivity index (χ0) is 32.1. The molecule has 1 spiro atoms. The van der Waals surface area contributed by atoms with Crippen LogP contribution >= 0.6 is 0 Å². The Morgan fingerprint density at radius 2 is 1.06 bits per heavy atom. The fourth-order valence-corrected chi connectivity index (χ4v) is 8.71. The van der Waals surface area contributed by atoms with Gasteiger partial charge in [0, 0.05) is 39.0 Å². The molecule has 11 rings (SSSR count). The van der Waals surface area contributed by atoms with Gasteiger partial charge in [0.15, 0.2) is 0 Å². The molecule has 0 amide bonds. The smallest absolute Gasteiger partial charge is 0.0972 e. The van der Waals surface area contributed by atoms with Crippen molar-refractivity contribution in [2.75, 3.05) is 0 Å². The highest BCUT2D eigenvalue weighted by Crippen LogP contribution is 2.65. The molecule has 3 nitrogen and oxygen atoms in total. The Morgan fingerprint density at radius 1 is 0.449 bits per heavy atom. The van der Waals surface area contributed by atoms with Crippen LogP contribution in [0.5, 0.6) is 0 Å². The predicted octanol–water partition coefficient (Wildman–Crippen LogP) is 11.0. The van der Waals surface area contributed by atoms with Crippen LogP contribution in [0, 0.1) is 0 Å². The van der Waals surface area contributed by atoms with Crippen molar-refractivity contribution in [3.63, 3.8) is 0 Å². The summed E-state index contributed by atoms with van der Waals surface area (Å²) in [4.78, 5) is 15.7. The van der Waals surface area contributed by atoms with E-state index in [2.05, 4.69) is 152 Å². The Balaban J connectivity index is 1.22. The molecule has 0 aliphatic heterocycles. The summed E-state index contributed by atoms with van der Waals surface area (Å²) >= 11 is 0. The van der Waals surface area contributed by atoms with Gasteiger partial charge in [0.2, 0.25) is 0 Å². The number of aromatic nitrogens is 3. The molecule has 0 radical (unpaired) electrons. The minimum Gasteiger partial charge on any atom is -0.253 e. The van der Waals surface area contributed by atoms with Gasteiger partial charge >= 0.3 is 0 Å². The topological polar surface area (TPSA) is 38.7 Å². The second-order valence-corrected chi connectivity index (χ2v) is 13.1. The highest BCUT2D eigenvalue weighted by molar-refractivity contribution is 6.08. The van der Waals surface area contributed by atoms with E-state index in [0.717, 1.165) is 49.8 Å². The molecule has 9 aromatic rings. The lowest BCUT2D eigenvalue weighted by Crippen LogP contribution is -2.26. The molecule has 2 aliphatic carbocycles. The zero-order valence-electron chi connectivity index (χ0n) is 26.4. The van der Waals surface area contributed by atoms with Gasteiger partial charge in [0.05, 0.1) is 33.4 Å². The molecule has 226 valence electrons. The van der Waals surface area contributed by atoms with Gasteiger partial charge in [-0.15, -0.1) is 0 Å². The number of fused-ring (bicyclic) bond motifs is 15. The predicted molar refractivity (Wildman–Crippen MR) is 200 cm³/mol. The zero-order valence-corrected chi connectivity index (χ0v) is 26.4. The van der Waals surface area contributed by atoms with Gasteiger partial charge in [-0.2, -0.15) is 0 Å². The third kappa shape index (κ3) is 3.49. The van der Waals surface area contributed by atoms with Gasteiger partial charge < -0.3 is 0 Å². The highest BCUT2D eigenvalue weighted by Gasteiger charge is 2.53. The van der Waals surface area contributed by atoms with Crippen LogP contribution in [0.15, 0.2) is 164 Å². The number of nitrogens with zero attached hydrogens (tertiary/aromatic N) is 3. The molecule has 3 aromatic heterocycles. The van der Waals surface area contributed by atoms with E-state index in [4.69, 9.17) is 15.0 Å². The third-order valence-corrected chi connectivity index (χ3v) is 10.7. The van der Waals surface area contributed by atoms with Crippen molar-refractivity contribution >= 4 is 32.7 Å². The summed E-state index contributed by atoms with van der Waals surface area (Å²) in [5.41, 5.74) is 16.6. The van der Waals surface area contributed by atoms with E-state index in [1.165, 1.54) is 49.9 Å². The SMILES string of the molecule is c1ccc(-c2ccc3ccc4cc(-c5nc6ccccc6c6c5-c5ccccc5C65c6ccccc6-c6ccccc65)cnc4c3n2)cc1. The molecular weight excluding hydrogens is 595 g/mol. The Kier molecular flexibility index (Phi) is 5.31. The van der Waals surface area contributed by atoms with Crippen molar-refractivity contribution < 1.29 is 0 Å². The molecule has 0 saturated heterocycles. The van der Waals surface area contributed by atoms with Crippen molar-refractivity contribution in [2.24, 2.45) is 0 Å². The second kappa shape index (κ2) is 9.79. The first-order valence-corrected chi connectivity index (χ1v) is 16.8. The maximum absolute atomic E-state index is 5.45. The van der Waals surface area contributed by atoms with E-state index in [1.54, 1.807) is 0 Å². The van der Waals surface area contributed by atoms with E-state index in [0.29, 0.717) is 0 Å². The lowest BCUT2D eigenvalue weighted by Gasteiger charge is -2.31. The molecule has 0 fully saturated rings. The van der Waals surface area contributed by atoms with Crippen molar-refractivity contribution in [3.05, 3.63) is 186 Å². The molecule has 3 heterocycles. The lowest BCUT2D eigenvalue weighted by atomic mass is 9.69. The van der Waals surface area contributed by atoms with Crippen molar-refractivity contribution in [1.82, 2.24) is 15.0 Å². The number of rotatable bonds is 2. The summed E-state index contributed by atoms with van der Waals surface area (Å²) in [6.07, 6.45) is 2.00. The maximum Gasteiger partial charge on any atom is 0.0972 e. The lowest BCUT2D eigenvalue weighted by molar-refractivity contribution is 0.801. The summed E-state index contributed by atoms with van der Waals surface area (Å²) in [5.74, 6) is 0. The fraction of sp³-hybridized carbons (Fsp3) is 0.0217. The van der Waals surface area contributed by atoms with Crippen LogP contribution in [0.2, 0.25) is 0 Å². The molecule has 0 bridgehead atoms. The van der Waals surface area contributed by atoms with Crippen LogP contribution in [0.3, 0.4) is 0 Å². The number of para-hydroxylation sites is 1. The Hall–Kier alpha value is -6.45. The van der Waals surface area contributed by atoms with Crippen LogP contribution in [0.4, 0.5) is 0 Å². The summed E-state index contributed by atoms with van der Waals surface area (Å²) in [6.45, 7) is 0. The second-order valence-electron chi connectivity index (χ2n) is 13.1. The molecule has 6 aromatic carbocycles. The standard InChI is InChI=1S/C46H27N3/c1-2-12-28(13-3-1)39-25-24-29-22-23-30-26-31(27-47-44(30)45(29)48-39)43-41-34-16-6-10-20-38(34)46(42(41)35-17-7-11-21-40(35)49-43)36-18-8-4-14-32(36)33-15-5-9-19-37(33)46/h1-27H. The van der Waals surface area contributed by atoms with Crippen LogP contribution in [0.25, 0.3) is 77.5 Å². The highest BCUT2D eigenvalue weighted by atomic mass is 14.8. The van der Waals surface area contributed by atoms with Gasteiger partial charge in [0.25, 0.3) is 0 Å². The monoisotopic (exact) mass is 621 g/mol. The van der Waals surface area contributed by atoms with Crippen molar-refractivity contribution in [2.45, 2.75) is 5.41 Å². The van der Waals surface area contributed by atoms with E-state index < -0.39 is 5.41 Å². The molecule has 2 aliphatic rings. The van der Waals surface area contributed by atoms with Crippen molar-refractivity contribution in [1.29, 1.82) is 0 Å². The normalized spacial score (nSPS) is 13.5. The summed E-state index contributed by atoms with van der Waals surface area (Å²) in [7, 11) is 0. The average molecular weight is 622 g/mol. The minimum absolute atomic E-state index is 0.464. The quantitative estimate of drug-likeness (QED) is 0.180. The molecular formula is C46H27N3. The summed E-state index contributed by atoms with van der Waals surface area (Å²) < 4.78 is 0. The van der Waals surface area contributed by atoms with Gasteiger partial charge in [-0.3, -0.25) is 4.98 Å². The Morgan fingerprint density at radius 3 is 1.84 bits per heavy atom. The number of benzene rings is 6.